The van der Waals surface area contributed by atoms with Gasteiger partial charge in [0, 0.05) is 25.6 Å². The fourth-order valence-corrected chi connectivity index (χ4v) is 2.62. The van der Waals surface area contributed by atoms with Gasteiger partial charge in [-0.2, -0.15) is 0 Å². The Hall–Kier alpha value is -1.41. The number of hydrogen-bond acceptors (Lipinski definition) is 5. The Bertz CT molecular complexity index is 594. The molecule has 0 saturated carbocycles. The van der Waals surface area contributed by atoms with Gasteiger partial charge in [-0.25, -0.2) is 0 Å². The van der Waals surface area contributed by atoms with Gasteiger partial charge >= 0.3 is 24.8 Å². The van der Waals surface area contributed by atoms with Crippen molar-refractivity contribution in [3.05, 3.63) is 35.2 Å². The Morgan fingerprint density at radius 1 is 1.27 bits per heavy atom. The van der Waals surface area contributed by atoms with Crippen molar-refractivity contribution in [2.45, 2.75) is 20.3 Å². The van der Waals surface area contributed by atoms with E-state index in [-0.39, 0.29) is 24.8 Å². The van der Waals surface area contributed by atoms with Gasteiger partial charge in [-0.3, -0.25) is 4.79 Å². The molecular formula is C16H20LiNO4. The Labute approximate surface area is 142 Å². The molecule has 2 aliphatic rings. The molecule has 0 aliphatic carbocycles. The first kappa shape index (κ1) is 16.9. The van der Waals surface area contributed by atoms with Crippen molar-refractivity contribution in [2.24, 2.45) is 0 Å². The molecule has 0 bridgehead atoms. The Morgan fingerprint density at radius 3 is 2.68 bits per heavy atom. The molecule has 1 fully saturated rings. The van der Waals surface area contributed by atoms with Gasteiger partial charge in [0.2, 0.25) is 0 Å². The number of benzene rings is 1. The summed E-state index contributed by atoms with van der Waals surface area (Å²) in [6.45, 7) is 6.44. The minimum atomic E-state index is -0.321. The number of hydrogen-bond donors (Lipinski definition) is 0. The van der Waals surface area contributed by atoms with Crippen molar-refractivity contribution in [1.82, 2.24) is 4.90 Å². The molecule has 22 heavy (non-hydrogen) atoms. The minimum absolute atomic E-state index is 0. The van der Waals surface area contributed by atoms with Gasteiger partial charge in [-0.15, -0.1) is 0 Å². The standard InChI is InChI=1S/C16H19NO4.Li.H/c1-11-14(20-12(2)18)5-3-13-4-6-15(21-16(11)13)17-7-9-19-10-8-17;;/h3,5-6H,4,7-10H2,1-2H3;;. The summed E-state index contributed by atoms with van der Waals surface area (Å²) < 4.78 is 16.6. The quantitative estimate of drug-likeness (QED) is 0.469. The summed E-state index contributed by atoms with van der Waals surface area (Å²) in [5, 5.41) is 0. The van der Waals surface area contributed by atoms with Crippen LogP contribution in [0, 0.1) is 6.92 Å². The van der Waals surface area contributed by atoms with Crippen LogP contribution in [-0.4, -0.2) is 56.0 Å². The third-order valence-corrected chi connectivity index (χ3v) is 3.72. The number of rotatable bonds is 2. The first-order chi connectivity index (χ1) is 10.1. The van der Waals surface area contributed by atoms with Gasteiger partial charge < -0.3 is 19.1 Å². The van der Waals surface area contributed by atoms with Crippen molar-refractivity contribution < 1.29 is 19.0 Å². The van der Waals surface area contributed by atoms with Crippen LogP contribution >= 0.6 is 0 Å². The van der Waals surface area contributed by atoms with Crippen LogP contribution in [0.2, 0.25) is 0 Å². The number of morpholine rings is 1. The van der Waals surface area contributed by atoms with Gasteiger partial charge in [0.1, 0.15) is 11.5 Å². The summed E-state index contributed by atoms with van der Waals surface area (Å²) in [7, 11) is 0. The molecule has 2 aliphatic heterocycles. The predicted octanol–water partition coefficient (Wildman–Crippen LogP) is 1.38. The zero-order chi connectivity index (χ0) is 14.8. The van der Waals surface area contributed by atoms with Crippen molar-refractivity contribution in [1.29, 1.82) is 0 Å². The number of nitrogens with zero attached hydrogens (tertiary/aromatic N) is 1. The second-order valence-corrected chi connectivity index (χ2v) is 5.22. The molecule has 5 nitrogen and oxygen atoms in total. The van der Waals surface area contributed by atoms with E-state index in [4.69, 9.17) is 14.2 Å². The molecule has 0 unspecified atom stereocenters. The van der Waals surface area contributed by atoms with Gasteiger partial charge in [-0.05, 0) is 31.1 Å². The van der Waals surface area contributed by atoms with Crippen molar-refractivity contribution in [3.8, 4) is 11.5 Å². The zero-order valence-corrected chi connectivity index (χ0v) is 12.3. The molecule has 1 aromatic rings. The number of fused-ring (bicyclic) bond motifs is 1. The molecule has 6 heteroatoms. The van der Waals surface area contributed by atoms with Crippen molar-refractivity contribution in [2.75, 3.05) is 26.3 Å². The average Bonchev–Trinajstić information content (AvgIpc) is 2.50. The van der Waals surface area contributed by atoms with Crippen LogP contribution < -0.4 is 9.47 Å². The van der Waals surface area contributed by atoms with Crippen LogP contribution in [0.25, 0.3) is 0 Å². The van der Waals surface area contributed by atoms with Crippen LogP contribution in [-0.2, 0) is 16.0 Å². The molecule has 1 aromatic carbocycles. The molecule has 2 heterocycles. The fourth-order valence-electron chi connectivity index (χ4n) is 2.62. The van der Waals surface area contributed by atoms with E-state index in [9.17, 15) is 4.79 Å². The van der Waals surface area contributed by atoms with Crippen LogP contribution in [0.4, 0.5) is 0 Å². The second kappa shape index (κ2) is 7.23. The summed E-state index contributed by atoms with van der Waals surface area (Å²) in [6, 6.07) is 3.78. The van der Waals surface area contributed by atoms with Gasteiger partial charge in [0.15, 0.2) is 5.88 Å². The van der Waals surface area contributed by atoms with E-state index in [0.717, 1.165) is 55.5 Å². The average molecular weight is 297 g/mol. The topological polar surface area (TPSA) is 48.0 Å². The molecular weight excluding hydrogens is 277 g/mol. The van der Waals surface area contributed by atoms with Crippen LogP contribution in [0.1, 0.15) is 18.1 Å². The van der Waals surface area contributed by atoms with Gasteiger partial charge in [-0.1, -0.05) is 6.07 Å². The van der Waals surface area contributed by atoms with E-state index in [1.165, 1.54) is 6.92 Å². The number of esters is 1. The summed E-state index contributed by atoms with van der Waals surface area (Å²) >= 11 is 0. The molecule has 114 valence electrons. The van der Waals surface area contributed by atoms with E-state index in [1.807, 2.05) is 19.1 Å². The number of carbonyl (C=O) groups is 1. The molecule has 0 N–H and O–H groups in total. The predicted molar refractivity (Wildman–Crippen MR) is 84.4 cm³/mol. The Kier molecular flexibility index (Phi) is 5.57. The Balaban J connectivity index is 0.00000176. The zero-order valence-electron chi connectivity index (χ0n) is 12.3. The van der Waals surface area contributed by atoms with E-state index in [2.05, 4.69) is 11.0 Å². The summed E-state index contributed by atoms with van der Waals surface area (Å²) in [6.07, 6.45) is 2.92. The van der Waals surface area contributed by atoms with Crippen LogP contribution in [0.15, 0.2) is 24.1 Å². The fraction of sp³-hybridized carbons (Fsp3) is 0.438. The summed E-state index contributed by atoms with van der Waals surface area (Å²) in [5.41, 5.74) is 1.97. The molecule has 0 aromatic heterocycles. The summed E-state index contributed by atoms with van der Waals surface area (Å²) in [5.74, 6) is 1.91. The van der Waals surface area contributed by atoms with Gasteiger partial charge in [0.05, 0.1) is 13.2 Å². The normalized spacial score (nSPS) is 16.8. The van der Waals surface area contributed by atoms with Crippen LogP contribution in [0.5, 0.6) is 11.5 Å². The monoisotopic (exact) mass is 297 g/mol. The third kappa shape index (κ3) is 3.49. The summed E-state index contributed by atoms with van der Waals surface area (Å²) in [4.78, 5) is 13.3. The maximum absolute atomic E-state index is 11.1. The van der Waals surface area contributed by atoms with Crippen molar-refractivity contribution in [3.63, 3.8) is 0 Å². The molecule has 0 radical (unpaired) electrons. The third-order valence-electron chi connectivity index (χ3n) is 3.72. The molecule has 0 spiro atoms. The van der Waals surface area contributed by atoms with E-state index in [1.54, 1.807) is 0 Å². The van der Waals surface area contributed by atoms with Gasteiger partial charge in [0.25, 0.3) is 0 Å². The maximum atomic E-state index is 11.1. The Morgan fingerprint density at radius 2 is 2.00 bits per heavy atom. The van der Waals surface area contributed by atoms with E-state index >= 15 is 0 Å². The number of carbonyl (C=O) groups excluding carboxylic acids is 1. The number of allylic oxidation sites excluding steroid dienone is 1. The van der Waals surface area contributed by atoms with E-state index in [0.29, 0.717) is 5.75 Å². The number of ether oxygens (including phenoxy) is 3. The first-order valence-electron chi connectivity index (χ1n) is 7.17. The molecule has 3 rings (SSSR count). The van der Waals surface area contributed by atoms with E-state index < -0.39 is 0 Å². The van der Waals surface area contributed by atoms with Crippen LogP contribution in [0.3, 0.4) is 0 Å². The molecule has 0 amide bonds. The second-order valence-electron chi connectivity index (χ2n) is 5.22. The molecule has 1 saturated heterocycles. The molecule has 0 atom stereocenters. The SMILES string of the molecule is CC(=O)Oc1ccc2c(c1C)OC(N1CCOCC1)=CC2.[LiH]. The first-order valence-corrected chi connectivity index (χ1v) is 7.17. The van der Waals surface area contributed by atoms with Crippen molar-refractivity contribution >= 4 is 24.8 Å².